The Morgan fingerprint density at radius 1 is 1.44 bits per heavy atom. The Kier molecular flexibility index (Phi) is 4.55. The van der Waals surface area contributed by atoms with E-state index >= 15 is 0 Å². The van der Waals surface area contributed by atoms with Gasteiger partial charge in [0.2, 0.25) is 0 Å². The first-order valence-corrected chi connectivity index (χ1v) is 5.69. The van der Waals surface area contributed by atoms with Gasteiger partial charge < -0.3 is 20.3 Å². The molecule has 1 aromatic rings. The number of ether oxygens (including phenoxy) is 2. The van der Waals surface area contributed by atoms with Gasteiger partial charge in [-0.2, -0.15) is 0 Å². The molecule has 0 saturated carbocycles. The van der Waals surface area contributed by atoms with Gasteiger partial charge in [0.1, 0.15) is 5.54 Å². The van der Waals surface area contributed by atoms with Crippen LogP contribution in [0, 0.1) is 0 Å². The second-order valence-corrected chi connectivity index (χ2v) is 4.51. The smallest absolute Gasteiger partial charge is 0.323 e. The van der Waals surface area contributed by atoms with Crippen LogP contribution in [0.5, 0.6) is 11.5 Å². The average Bonchev–Trinajstić information content (AvgIpc) is 2.28. The highest BCUT2D eigenvalue weighted by atomic mass is 16.5. The summed E-state index contributed by atoms with van der Waals surface area (Å²) in [4.78, 5) is 10.9. The van der Waals surface area contributed by atoms with Crippen LogP contribution in [0.1, 0.15) is 20.3 Å². The van der Waals surface area contributed by atoms with Gasteiger partial charge in [-0.3, -0.25) is 4.79 Å². The predicted molar refractivity (Wildman–Crippen MR) is 67.9 cm³/mol. The van der Waals surface area contributed by atoms with Crippen LogP contribution >= 0.6 is 0 Å². The van der Waals surface area contributed by atoms with Crippen molar-refractivity contribution in [2.75, 3.05) is 7.11 Å². The van der Waals surface area contributed by atoms with Gasteiger partial charge in [0.05, 0.1) is 13.2 Å². The van der Waals surface area contributed by atoms with Crippen LogP contribution in [0.3, 0.4) is 0 Å². The summed E-state index contributed by atoms with van der Waals surface area (Å²) < 4.78 is 10.8. The van der Waals surface area contributed by atoms with Crippen molar-refractivity contribution in [3.8, 4) is 11.5 Å². The quantitative estimate of drug-likeness (QED) is 0.805. The molecule has 0 fully saturated rings. The Balaban J connectivity index is 2.70. The number of carboxylic acids is 1. The fourth-order valence-corrected chi connectivity index (χ4v) is 1.66. The number of para-hydroxylation sites is 2. The minimum Gasteiger partial charge on any atom is -0.493 e. The topological polar surface area (TPSA) is 81.8 Å². The molecule has 2 atom stereocenters. The van der Waals surface area contributed by atoms with Crippen molar-refractivity contribution in [3.63, 3.8) is 0 Å². The van der Waals surface area contributed by atoms with E-state index in [4.69, 9.17) is 20.3 Å². The van der Waals surface area contributed by atoms with E-state index in [1.54, 1.807) is 26.2 Å². The van der Waals surface area contributed by atoms with Crippen LogP contribution < -0.4 is 15.2 Å². The summed E-state index contributed by atoms with van der Waals surface area (Å²) >= 11 is 0. The summed E-state index contributed by atoms with van der Waals surface area (Å²) in [5.74, 6) is 0.144. The lowest BCUT2D eigenvalue weighted by atomic mass is 9.96. The molecule has 1 rings (SSSR count). The van der Waals surface area contributed by atoms with Crippen LogP contribution in [0.4, 0.5) is 0 Å². The fourth-order valence-electron chi connectivity index (χ4n) is 1.66. The zero-order chi connectivity index (χ0) is 13.8. The van der Waals surface area contributed by atoms with Crippen molar-refractivity contribution >= 4 is 5.97 Å². The summed E-state index contributed by atoms with van der Waals surface area (Å²) in [5, 5.41) is 8.95. The lowest BCUT2D eigenvalue weighted by molar-refractivity contribution is -0.143. The van der Waals surface area contributed by atoms with Gasteiger partial charge in [-0.05, 0) is 26.0 Å². The monoisotopic (exact) mass is 253 g/mol. The van der Waals surface area contributed by atoms with Gasteiger partial charge in [0, 0.05) is 6.42 Å². The first kappa shape index (κ1) is 14.3. The zero-order valence-electron chi connectivity index (χ0n) is 10.8. The summed E-state index contributed by atoms with van der Waals surface area (Å²) in [7, 11) is 1.55. The second kappa shape index (κ2) is 5.73. The molecule has 0 amide bonds. The van der Waals surface area contributed by atoms with Crippen molar-refractivity contribution in [2.45, 2.75) is 31.9 Å². The fraction of sp³-hybridized carbons (Fsp3) is 0.462. The maximum Gasteiger partial charge on any atom is 0.323 e. The molecule has 0 heterocycles. The Bertz CT molecular complexity index is 417. The third-order valence-electron chi connectivity index (χ3n) is 2.60. The van der Waals surface area contributed by atoms with Crippen LogP contribution in [-0.4, -0.2) is 29.8 Å². The van der Waals surface area contributed by atoms with Crippen LogP contribution in [-0.2, 0) is 4.79 Å². The molecule has 18 heavy (non-hydrogen) atoms. The van der Waals surface area contributed by atoms with E-state index in [-0.39, 0.29) is 12.5 Å². The van der Waals surface area contributed by atoms with Crippen LogP contribution in [0.15, 0.2) is 24.3 Å². The van der Waals surface area contributed by atoms with Crippen LogP contribution in [0.2, 0.25) is 0 Å². The minimum atomic E-state index is -1.30. The Labute approximate surface area is 107 Å². The molecule has 0 radical (unpaired) electrons. The molecule has 1 aromatic carbocycles. The molecule has 0 spiro atoms. The molecular weight excluding hydrogens is 234 g/mol. The number of methoxy groups -OCH3 is 1. The molecular formula is C13H19NO4. The third-order valence-corrected chi connectivity index (χ3v) is 2.60. The van der Waals surface area contributed by atoms with Gasteiger partial charge >= 0.3 is 5.97 Å². The van der Waals surface area contributed by atoms with Crippen molar-refractivity contribution < 1.29 is 19.4 Å². The highest BCUT2D eigenvalue weighted by Crippen LogP contribution is 2.28. The molecule has 0 aromatic heterocycles. The lowest BCUT2D eigenvalue weighted by Gasteiger charge is -2.24. The lowest BCUT2D eigenvalue weighted by Crippen LogP contribution is -2.47. The summed E-state index contributed by atoms with van der Waals surface area (Å²) in [6.07, 6.45) is -0.118. The van der Waals surface area contributed by atoms with Crippen LogP contribution in [0.25, 0.3) is 0 Å². The normalized spacial score (nSPS) is 15.6. The Morgan fingerprint density at radius 3 is 2.50 bits per heavy atom. The highest BCUT2D eigenvalue weighted by Gasteiger charge is 2.30. The average molecular weight is 253 g/mol. The van der Waals surface area contributed by atoms with Crippen molar-refractivity contribution in [2.24, 2.45) is 5.73 Å². The largest absolute Gasteiger partial charge is 0.493 e. The molecule has 0 aliphatic rings. The van der Waals surface area contributed by atoms with E-state index in [9.17, 15) is 4.79 Å². The van der Waals surface area contributed by atoms with E-state index in [0.717, 1.165) is 0 Å². The highest BCUT2D eigenvalue weighted by molar-refractivity contribution is 5.77. The number of carboxylic acid groups (broad SMARTS) is 1. The first-order chi connectivity index (χ1) is 8.36. The Hall–Kier alpha value is -1.75. The van der Waals surface area contributed by atoms with E-state index in [2.05, 4.69) is 0 Å². The molecule has 0 saturated heterocycles. The van der Waals surface area contributed by atoms with Gasteiger partial charge in [-0.1, -0.05) is 12.1 Å². The molecule has 5 nitrogen and oxygen atoms in total. The number of carbonyl (C=O) groups is 1. The van der Waals surface area contributed by atoms with Gasteiger partial charge in [0.15, 0.2) is 11.5 Å². The molecule has 2 unspecified atom stereocenters. The van der Waals surface area contributed by atoms with Crippen molar-refractivity contribution in [1.82, 2.24) is 0 Å². The maximum atomic E-state index is 10.9. The predicted octanol–water partition coefficient (Wildman–Crippen LogP) is 1.65. The number of hydrogen-bond acceptors (Lipinski definition) is 4. The molecule has 0 bridgehead atoms. The number of rotatable bonds is 6. The van der Waals surface area contributed by atoms with Crippen molar-refractivity contribution in [3.05, 3.63) is 24.3 Å². The minimum absolute atomic E-state index is 0.209. The van der Waals surface area contributed by atoms with Gasteiger partial charge in [-0.15, -0.1) is 0 Å². The van der Waals surface area contributed by atoms with E-state index < -0.39 is 11.5 Å². The van der Waals surface area contributed by atoms with Gasteiger partial charge in [0.25, 0.3) is 0 Å². The Morgan fingerprint density at radius 2 is 2.00 bits per heavy atom. The third kappa shape index (κ3) is 3.63. The number of hydrogen-bond donors (Lipinski definition) is 2. The summed E-state index contributed by atoms with van der Waals surface area (Å²) in [6, 6.07) is 7.20. The number of nitrogens with two attached hydrogens (primary N) is 1. The molecule has 3 N–H and O–H groups in total. The number of aliphatic carboxylic acids is 1. The zero-order valence-corrected chi connectivity index (χ0v) is 10.8. The second-order valence-electron chi connectivity index (χ2n) is 4.51. The van der Waals surface area contributed by atoms with E-state index in [0.29, 0.717) is 11.5 Å². The first-order valence-electron chi connectivity index (χ1n) is 5.69. The SMILES string of the molecule is COc1ccccc1OC(C)CC(C)(N)C(=O)O. The summed E-state index contributed by atoms with van der Waals surface area (Å²) in [5.41, 5.74) is 4.37. The number of benzene rings is 1. The standard InChI is InChI=1S/C13H19NO4/c1-9(8-13(2,14)12(15)16)18-11-7-5-4-6-10(11)17-3/h4-7,9H,8,14H2,1-3H3,(H,15,16). The molecule has 0 aliphatic heterocycles. The summed E-state index contributed by atoms with van der Waals surface area (Å²) in [6.45, 7) is 3.25. The maximum absolute atomic E-state index is 10.9. The van der Waals surface area contributed by atoms with Crippen molar-refractivity contribution in [1.29, 1.82) is 0 Å². The van der Waals surface area contributed by atoms with Gasteiger partial charge in [-0.25, -0.2) is 0 Å². The van der Waals surface area contributed by atoms with E-state index in [1.807, 2.05) is 12.1 Å². The van der Waals surface area contributed by atoms with E-state index in [1.165, 1.54) is 6.92 Å². The molecule has 100 valence electrons. The molecule has 0 aliphatic carbocycles. The molecule has 5 heteroatoms.